The highest BCUT2D eigenvalue weighted by atomic mass is 16.2. The largest absolute Gasteiger partial charge is 0.337 e. The van der Waals surface area contributed by atoms with Crippen LogP contribution in [0, 0.1) is 6.92 Å². The maximum atomic E-state index is 13.9. The monoisotopic (exact) mass is 473 g/mol. The Labute approximate surface area is 209 Å². The number of hydrogen-bond donors (Lipinski definition) is 0. The van der Waals surface area contributed by atoms with Gasteiger partial charge in [0.15, 0.2) is 5.65 Å². The molecular weight excluding hydrogens is 434 g/mol. The van der Waals surface area contributed by atoms with E-state index in [-0.39, 0.29) is 11.4 Å². The molecule has 1 aliphatic heterocycles. The quantitative estimate of drug-likeness (QED) is 0.497. The third-order valence-electron chi connectivity index (χ3n) is 7.35. The molecule has 3 heterocycles. The van der Waals surface area contributed by atoms with Crippen LogP contribution in [-0.4, -0.2) is 63.2 Å². The third kappa shape index (κ3) is 5.27. The first-order valence-electron chi connectivity index (χ1n) is 13.3. The highest BCUT2D eigenvalue weighted by Crippen LogP contribution is 2.41. The second-order valence-corrected chi connectivity index (χ2v) is 11.3. The minimum atomic E-state index is -0.190. The molecule has 1 saturated carbocycles. The van der Waals surface area contributed by atoms with Gasteiger partial charge < -0.3 is 9.80 Å². The van der Waals surface area contributed by atoms with Gasteiger partial charge in [0.2, 0.25) is 0 Å². The first kappa shape index (κ1) is 24.0. The van der Waals surface area contributed by atoms with Crippen LogP contribution in [0.5, 0.6) is 0 Å². The summed E-state index contributed by atoms with van der Waals surface area (Å²) in [6, 6.07) is 12.8. The van der Waals surface area contributed by atoms with Crippen LogP contribution < -0.4 is 0 Å². The summed E-state index contributed by atoms with van der Waals surface area (Å²) in [5.74, 6) is 0.626. The van der Waals surface area contributed by atoms with E-state index in [4.69, 9.17) is 10.1 Å². The number of fused-ring (bicyclic) bond motifs is 1. The van der Waals surface area contributed by atoms with Gasteiger partial charge in [0, 0.05) is 31.2 Å². The average Bonchev–Trinajstić information content (AvgIpc) is 3.65. The molecule has 186 valence electrons. The smallest absolute Gasteiger partial charge is 0.254 e. The number of carbonyl (C=O) groups excluding carboxylic acids is 1. The molecule has 0 radical (unpaired) electrons. The lowest BCUT2D eigenvalue weighted by atomic mass is 10.1. The van der Waals surface area contributed by atoms with Crippen molar-refractivity contribution in [2.45, 2.75) is 71.3 Å². The van der Waals surface area contributed by atoms with Crippen LogP contribution in [0.15, 0.2) is 36.4 Å². The van der Waals surface area contributed by atoms with Crippen LogP contribution in [0.25, 0.3) is 11.0 Å². The number of amides is 1. The molecule has 6 heteroatoms. The Kier molecular flexibility index (Phi) is 6.67. The van der Waals surface area contributed by atoms with E-state index in [9.17, 15) is 4.79 Å². The van der Waals surface area contributed by atoms with Gasteiger partial charge in [-0.05, 0) is 84.5 Å². The molecule has 6 nitrogen and oxygen atoms in total. The van der Waals surface area contributed by atoms with E-state index in [0.717, 1.165) is 92.8 Å². The minimum absolute atomic E-state index is 0.141. The first-order chi connectivity index (χ1) is 16.8. The summed E-state index contributed by atoms with van der Waals surface area (Å²) in [6.07, 6.45) is 5.60. The number of aromatic nitrogens is 3. The van der Waals surface area contributed by atoms with Crippen molar-refractivity contribution in [2.24, 2.45) is 0 Å². The first-order valence-corrected chi connectivity index (χ1v) is 13.3. The Morgan fingerprint density at radius 2 is 1.83 bits per heavy atom. The van der Waals surface area contributed by atoms with E-state index in [1.54, 1.807) is 0 Å². The Bertz CT molecular complexity index is 1190. The summed E-state index contributed by atoms with van der Waals surface area (Å²) in [5.41, 5.74) is 4.82. The highest BCUT2D eigenvalue weighted by molar-refractivity contribution is 6.06. The van der Waals surface area contributed by atoms with Crippen molar-refractivity contribution >= 4 is 16.9 Å². The zero-order valence-corrected chi connectivity index (χ0v) is 21.8. The van der Waals surface area contributed by atoms with E-state index in [2.05, 4.69) is 67.0 Å². The zero-order valence-electron chi connectivity index (χ0n) is 21.8. The maximum absolute atomic E-state index is 13.9. The Morgan fingerprint density at radius 1 is 1.06 bits per heavy atom. The van der Waals surface area contributed by atoms with Crippen LogP contribution in [0.1, 0.15) is 79.7 Å². The molecule has 2 aliphatic rings. The van der Waals surface area contributed by atoms with E-state index in [1.807, 2.05) is 11.6 Å². The summed E-state index contributed by atoms with van der Waals surface area (Å²) in [6.45, 7) is 13.1. The predicted molar refractivity (Wildman–Crippen MR) is 141 cm³/mol. The van der Waals surface area contributed by atoms with Crippen molar-refractivity contribution in [3.8, 4) is 0 Å². The summed E-state index contributed by atoms with van der Waals surface area (Å²) < 4.78 is 2.01. The van der Waals surface area contributed by atoms with E-state index in [1.165, 1.54) is 5.56 Å². The zero-order chi connectivity index (χ0) is 24.6. The lowest BCUT2D eigenvalue weighted by Crippen LogP contribution is -2.35. The molecular formula is C29H39N5O. The number of hydrogen-bond acceptors (Lipinski definition) is 4. The van der Waals surface area contributed by atoms with Crippen LogP contribution in [0.2, 0.25) is 0 Å². The Hall–Kier alpha value is -2.73. The van der Waals surface area contributed by atoms with Crippen LogP contribution in [0.4, 0.5) is 0 Å². The van der Waals surface area contributed by atoms with E-state index < -0.39 is 0 Å². The van der Waals surface area contributed by atoms with Gasteiger partial charge >= 0.3 is 0 Å². The number of pyridine rings is 1. The molecule has 1 saturated heterocycles. The van der Waals surface area contributed by atoms with Gasteiger partial charge in [0.05, 0.1) is 22.2 Å². The molecule has 5 rings (SSSR count). The Morgan fingerprint density at radius 3 is 2.54 bits per heavy atom. The van der Waals surface area contributed by atoms with Crippen LogP contribution >= 0.6 is 0 Å². The van der Waals surface area contributed by atoms with Gasteiger partial charge in [-0.15, -0.1) is 0 Å². The second kappa shape index (κ2) is 9.73. The van der Waals surface area contributed by atoms with Crippen molar-refractivity contribution in [3.63, 3.8) is 0 Å². The molecule has 2 aromatic heterocycles. The normalized spacial score (nSPS) is 17.7. The number of rotatable bonds is 6. The number of carbonyl (C=O) groups is 1. The molecule has 2 fully saturated rings. The van der Waals surface area contributed by atoms with Crippen molar-refractivity contribution in [1.82, 2.24) is 24.6 Å². The molecule has 0 spiro atoms. The average molecular weight is 474 g/mol. The molecule has 35 heavy (non-hydrogen) atoms. The molecule has 0 bridgehead atoms. The molecule has 0 N–H and O–H groups in total. The number of benzene rings is 1. The highest BCUT2D eigenvalue weighted by Gasteiger charge is 2.32. The van der Waals surface area contributed by atoms with E-state index in [0.29, 0.717) is 5.92 Å². The predicted octanol–water partition coefficient (Wildman–Crippen LogP) is 5.15. The second-order valence-electron chi connectivity index (χ2n) is 11.3. The summed E-state index contributed by atoms with van der Waals surface area (Å²) in [5, 5.41) is 5.76. The lowest BCUT2D eigenvalue weighted by Gasteiger charge is -2.23. The topological polar surface area (TPSA) is 54.3 Å². The van der Waals surface area contributed by atoms with Crippen molar-refractivity contribution in [1.29, 1.82) is 0 Å². The number of aryl methyl sites for hydroxylation is 2. The molecule has 3 aromatic rings. The fraction of sp³-hybridized carbons (Fsp3) is 0.552. The summed E-state index contributed by atoms with van der Waals surface area (Å²) in [7, 11) is 0. The Balaban J connectivity index is 1.33. The summed E-state index contributed by atoms with van der Waals surface area (Å²) in [4.78, 5) is 23.5. The molecule has 0 atom stereocenters. The number of nitrogens with zero attached hydrogens (tertiary/aromatic N) is 5. The van der Waals surface area contributed by atoms with Crippen LogP contribution in [-0.2, 0) is 12.0 Å². The molecule has 1 aliphatic carbocycles. The maximum Gasteiger partial charge on any atom is 0.254 e. The third-order valence-corrected chi connectivity index (χ3v) is 7.35. The molecule has 1 amide bonds. The van der Waals surface area contributed by atoms with Crippen molar-refractivity contribution in [3.05, 3.63) is 58.9 Å². The minimum Gasteiger partial charge on any atom is -0.337 e. The van der Waals surface area contributed by atoms with Gasteiger partial charge in [-0.25, -0.2) is 9.67 Å². The van der Waals surface area contributed by atoms with Gasteiger partial charge in [-0.2, -0.15) is 5.10 Å². The van der Waals surface area contributed by atoms with Crippen LogP contribution in [0.3, 0.4) is 0 Å². The fourth-order valence-corrected chi connectivity index (χ4v) is 5.25. The van der Waals surface area contributed by atoms with Crippen molar-refractivity contribution < 1.29 is 4.79 Å². The summed E-state index contributed by atoms with van der Waals surface area (Å²) >= 11 is 0. The van der Waals surface area contributed by atoms with Gasteiger partial charge in [0.1, 0.15) is 0 Å². The standard InChI is InChI=1S/C29H39N5O/c1-21-26-24(20-25(23-13-14-23)30-27(26)34(31-21)29(2,3)4)28(35)33-17-9-16-32(18-19-33)15-8-12-22-10-6-5-7-11-22/h5-7,10-11,20,23H,8-9,12-19H2,1-4H3. The van der Waals surface area contributed by atoms with E-state index >= 15 is 0 Å². The lowest BCUT2D eigenvalue weighted by molar-refractivity contribution is 0.0763. The van der Waals surface area contributed by atoms with Gasteiger partial charge in [-0.3, -0.25) is 4.79 Å². The molecule has 1 aromatic carbocycles. The fourth-order valence-electron chi connectivity index (χ4n) is 5.25. The molecule has 0 unspecified atom stereocenters. The van der Waals surface area contributed by atoms with Gasteiger partial charge in [0.25, 0.3) is 5.91 Å². The SMILES string of the molecule is Cc1nn(C(C)(C)C)c2nc(C3CC3)cc(C(=O)N3CCCN(CCCc4ccccc4)CC3)c12. The van der Waals surface area contributed by atoms with Crippen molar-refractivity contribution in [2.75, 3.05) is 32.7 Å². The van der Waals surface area contributed by atoms with Gasteiger partial charge in [-0.1, -0.05) is 30.3 Å².